The second-order valence-electron chi connectivity index (χ2n) is 4.94. The highest BCUT2D eigenvalue weighted by Crippen LogP contribution is 2.24. The number of carbonyl (C=O) groups is 1. The van der Waals surface area contributed by atoms with Gasteiger partial charge in [-0.1, -0.05) is 19.1 Å². The molecular formula is C15H20N2O4S. The zero-order chi connectivity index (χ0) is 16.9. The summed E-state index contributed by atoms with van der Waals surface area (Å²) in [6, 6.07) is 6.17. The van der Waals surface area contributed by atoms with Gasteiger partial charge in [0.2, 0.25) is 10.0 Å². The molecule has 120 valence electrons. The van der Waals surface area contributed by atoms with Crippen LogP contribution in [0.5, 0.6) is 0 Å². The lowest BCUT2D eigenvalue weighted by Gasteiger charge is -2.27. The van der Waals surface area contributed by atoms with E-state index in [2.05, 4.69) is 4.74 Å². The van der Waals surface area contributed by atoms with E-state index in [1.54, 1.807) is 26.0 Å². The van der Waals surface area contributed by atoms with Crippen LogP contribution in [-0.4, -0.2) is 38.4 Å². The normalized spacial score (nSPS) is 12.7. The predicted molar refractivity (Wildman–Crippen MR) is 81.6 cm³/mol. The van der Waals surface area contributed by atoms with Gasteiger partial charge in [-0.05, 0) is 31.9 Å². The van der Waals surface area contributed by atoms with Gasteiger partial charge in [0.15, 0.2) is 0 Å². The maximum absolute atomic E-state index is 12.9. The van der Waals surface area contributed by atoms with Crippen LogP contribution in [0, 0.1) is 18.3 Å². The highest BCUT2D eigenvalue weighted by Gasteiger charge is 2.32. The number of aryl methyl sites for hydroxylation is 1. The van der Waals surface area contributed by atoms with Crippen molar-refractivity contribution in [2.75, 3.05) is 13.7 Å². The van der Waals surface area contributed by atoms with Crippen LogP contribution in [0.15, 0.2) is 23.1 Å². The van der Waals surface area contributed by atoms with Crippen LogP contribution in [0.1, 0.15) is 31.4 Å². The molecule has 1 rings (SSSR count). The molecule has 0 N–H and O–H groups in total. The molecular weight excluding hydrogens is 304 g/mol. The lowest BCUT2D eigenvalue weighted by molar-refractivity contribution is -0.141. The maximum Gasteiger partial charge on any atom is 0.321 e. The van der Waals surface area contributed by atoms with Crippen LogP contribution in [-0.2, 0) is 19.6 Å². The predicted octanol–water partition coefficient (Wildman–Crippen LogP) is 1.83. The van der Waals surface area contributed by atoms with Crippen molar-refractivity contribution in [1.29, 1.82) is 5.26 Å². The molecule has 0 heterocycles. The Morgan fingerprint density at radius 1 is 1.45 bits per heavy atom. The monoisotopic (exact) mass is 324 g/mol. The van der Waals surface area contributed by atoms with Crippen molar-refractivity contribution in [1.82, 2.24) is 4.31 Å². The quantitative estimate of drug-likeness (QED) is 0.745. The number of nitriles is 1. The Kier molecular flexibility index (Phi) is 6.09. The number of nitrogens with zero attached hydrogens (tertiary/aromatic N) is 2. The summed E-state index contributed by atoms with van der Waals surface area (Å²) < 4.78 is 31.4. The van der Waals surface area contributed by atoms with E-state index in [1.807, 2.05) is 13.0 Å². The molecule has 0 aliphatic heterocycles. The van der Waals surface area contributed by atoms with Crippen molar-refractivity contribution in [3.8, 4) is 6.07 Å². The van der Waals surface area contributed by atoms with Crippen molar-refractivity contribution < 1.29 is 17.9 Å². The summed E-state index contributed by atoms with van der Waals surface area (Å²) in [5.74, 6) is -0.643. The Bertz CT molecular complexity index is 692. The largest absolute Gasteiger partial charge is 0.468 e. The number of benzene rings is 1. The Morgan fingerprint density at radius 2 is 2.09 bits per heavy atom. The number of hydrogen-bond acceptors (Lipinski definition) is 5. The van der Waals surface area contributed by atoms with E-state index in [0.29, 0.717) is 12.0 Å². The van der Waals surface area contributed by atoms with Crippen LogP contribution >= 0.6 is 0 Å². The number of ether oxygens (including phenoxy) is 1. The third-order valence-electron chi connectivity index (χ3n) is 3.53. The lowest BCUT2D eigenvalue weighted by Crippen LogP contribution is -2.42. The topological polar surface area (TPSA) is 87.5 Å². The van der Waals surface area contributed by atoms with Gasteiger partial charge in [0, 0.05) is 6.04 Å². The fraction of sp³-hybridized carbons (Fsp3) is 0.467. The summed E-state index contributed by atoms with van der Waals surface area (Å²) in [4.78, 5) is 11.5. The zero-order valence-corrected chi connectivity index (χ0v) is 14.0. The minimum atomic E-state index is -3.97. The standard InChI is InChI=1S/C15H20N2O4S/c1-5-12(3)17(10-15(18)21-4)22(19,20)14-8-6-7-11(2)13(14)9-16/h6-8,12H,5,10H2,1-4H3/t12-/m1/s1. The van der Waals surface area contributed by atoms with Gasteiger partial charge in [0.25, 0.3) is 0 Å². The Labute approximate surface area is 131 Å². The van der Waals surface area contributed by atoms with E-state index in [4.69, 9.17) is 0 Å². The average molecular weight is 324 g/mol. The van der Waals surface area contributed by atoms with Crippen LogP contribution < -0.4 is 0 Å². The third-order valence-corrected chi connectivity index (χ3v) is 5.53. The molecule has 0 aliphatic carbocycles. The molecule has 0 saturated carbocycles. The number of rotatable bonds is 6. The van der Waals surface area contributed by atoms with E-state index < -0.39 is 22.0 Å². The summed E-state index contributed by atoms with van der Waals surface area (Å²) in [7, 11) is -2.77. The molecule has 22 heavy (non-hydrogen) atoms. The first-order valence-corrected chi connectivity index (χ1v) is 8.31. The van der Waals surface area contributed by atoms with E-state index in [-0.39, 0.29) is 17.0 Å². The summed E-state index contributed by atoms with van der Waals surface area (Å²) in [6.07, 6.45) is 0.532. The highest BCUT2D eigenvalue weighted by atomic mass is 32.2. The molecule has 0 spiro atoms. The van der Waals surface area contributed by atoms with Crippen LogP contribution in [0.4, 0.5) is 0 Å². The highest BCUT2D eigenvalue weighted by molar-refractivity contribution is 7.89. The van der Waals surface area contributed by atoms with Gasteiger partial charge in [-0.25, -0.2) is 8.42 Å². The Morgan fingerprint density at radius 3 is 2.59 bits per heavy atom. The average Bonchev–Trinajstić information content (AvgIpc) is 2.50. The SMILES string of the molecule is CC[C@@H](C)N(CC(=O)OC)S(=O)(=O)c1cccc(C)c1C#N. The van der Waals surface area contributed by atoms with Crippen molar-refractivity contribution >= 4 is 16.0 Å². The first kappa shape index (κ1) is 18.1. The number of esters is 1. The number of sulfonamides is 1. The molecule has 0 aromatic heterocycles. The minimum absolute atomic E-state index is 0.0841. The van der Waals surface area contributed by atoms with Gasteiger partial charge in [-0.3, -0.25) is 4.79 Å². The molecule has 7 heteroatoms. The molecule has 0 aliphatic rings. The molecule has 0 unspecified atom stereocenters. The summed E-state index contributed by atoms with van der Waals surface area (Å²) >= 11 is 0. The number of hydrogen-bond donors (Lipinski definition) is 0. The number of methoxy groups -OCH3 is 1. The van der Waals surface area contributed by atoms with Crippen molar-refractivity contribution in [2.24, 2.45) is 0 Å². The van der Waals surface area contributed by atoms with E-state index in [0.717, 1.165) is 4.31 Å². The van der Waals surface area contributed by atoms with Gasteiger partial charge in [-0.2, -0.15) is 9.57 Å². The molecule has 1 aromatic carbocycles. The van der Waals surface area contributed by atoms with Crippen molar-refractivity contribution in [3.05, 3.63) is 29.3 Å². The van der Waals surface area contributed by atoms with Crippen LogP contribution in [0.25, 0.3) is 0 Å². The van der Waals surface area contributed by atoms with Gasteiger partial charge < -0.3 is 4.74 Å². The second-order valence-corrected chi connectivity index (χ2v) is 6.80. The Hall–Kier alpha value is -1.91. The first-order valence-electron chi connectivity index (χ1n) is 6.87. The number of carbonyl (C=O) groups excluding carboxylic acids is 1. The minimum Gasteiger partial charge on any atom is -0.468 e. The van der Waals surface area contributed by atoms with Gasteiger partial charge in [0.05, 0.1) is 12.7 Å². The van der Waals surface area contributed by atoms with Crippen LogP contribution in [0.3, 0.4) is 0 Å². The molecule has 1 aromatic rings. The fourth-order valence-electron chi connectivity index (χ4n) is 2.00. The summed E-state index contributed by atoms with van der Waals surface area (Å²) in [5, 5.41) is 9.24. The molecule has 0 saturated heterocycles. The summed E-state index contributed by atoms with van der Waals surface area (Å²) in [5.41, 5.74) is 0.673. The lowest BCUT2D eigenvalue weighted by atomic mass is 10.1. The molecule has 0 bridgehead atoms. The van der Waals surface area contributed by atoms with Gasteiger partial charge in [0.1, 0.15) is 17.5 Å². The third kappa shape index (κ3) is 3.64. The summed E-state index contributed by atoms with van der Waals surface area (Å²) in [6.45, 7) is 4.83. The van der Waals surface area contributed by atoms with E-state index >= 15 is 0 Å². The molecule has 0 radical (unpaired) electrons. The van der Waals surface area contributed by atoms with Crippen molar-refractivity contribution in [3.63, 3.8) is 0 Å². The fourth-order valence-corrected chi connectivity index (χ4v) is 3.86. The smallest absolute Gasteiger partial charge is 0.321 e. The second kappa shape index (κ2) is 7.38. The molecule has 1 atom stereocenters. The Balaban J connectivity index is 3.43. The van der Waals surface area contributed by atoms with Crippen molar-refractivity contribution in [2.45, 2.75) is 38.1 Å². The van der Waals surface area contributed by atoms with Crippen LogP contribution in [0.2, 0.25) is 0 Å². The van der Waals surface area contributed by atoms with E-state index in [1.165, 1.54) is 13.2 Å². The van der Waals surface area contributed by atoms with Gasteiger partial charge in [-0.15, -0.1) is 0 Å². The molecule has 0 amide bonds. The van der Waals surface area contributed by atoms with Gasteiger partial charge >= 0.3 is 5.97 Å². The zero-order valence-electron chi connectivity index (χ0n) is 13.2. The molecule has 6 nitrogen and oxygen atoms in total. The first-order chi connectivity index (χ1) is 10.3. The maximum atomic E-state index is 12.9. The van der Waals surface area contributed by atoms with E-state index in [9.17, 15) is 18.5 Å². The molecule has 0 fully saturated rings.